The summed E-state index contributed by atoms with van der Waals surface area (Å²) in [6.07, 6.45) is 2.48. The summed E-state index contributed by atoms with van der Waals surface area (Å²) in [6.45, 7) is 0.0632. The van der Waals surface area contributed by atoms with Crippen LogP contribution >= 0.6 is 0 Å². The molecule has 0 saturated carbocycles. The smallest absolute Gasteiger partial charge is 0.104 e. The molecule has 0 amide bonds. The van der Waals surface area contributed by atoms with Gasteiger partial charge in [0, 0.05) is 19.7 Å². The molecule has 1 aliphatic heterocycles. The molecule has 4 nitrogen and oxygen atoms in total. The quantitative estimate of drug-likeness (QED) is 0.754. The van der Waals surface area contributed by atoms with E-state index in [0.29, 0.717) is 0 Å². The zero-order chi connectivity index (χ0) is 9.97. The third kappa shape index (κ3) is 1.77. The third-order valence-electron chi connectivity index (χ3n) is 2.47. The topological polar surface area (TPSA) is 45.6 Å². The van der Waals surface area contributed by atoms with Gasteiger partial charge in [0.15, 0.2) is 0 Å². The van der Waals surface area contributed by atoms with Crippen molar-refractivity contribution in [2.24, 2.45) is 0 Å². The van der Waals surface area contributed by atoms with Gasteiger partial charge < -0.3 is 5.11 Å². The molecule has 14 heavy (non-hydrogen) atoms. The first-order valence-electron chi connectivity index (χ1n) is 4.72. The van der Waals surface area contributed by atoms with Crippen molar-refractivity contribution >= 4 is 0 Å². The van der Waals surface area contributed by atoms with Crippen LogP contribution in [0.3, 0.4) is 0 Å². The fraction of sp³-hybridized carbons (Fsp3) is 0.500. The zero-order valence-electron chi connectivity index (χ0n) is 8.13. The standard InChI is InChI=1S/C10H14N2O2/c1-12-10(6-8(7-13)14-12)9-4-2-3-5-11-9/h2-5,8,10,13H,6-7H2,1H3/t8-,10+/m0/s1. The monoisotopic (exact) mass is 194 g/mol. The van der Waals surface area contributed by atoms with Gasteiger partial charge in [0.05, 0.1) is 18.3 Å². The van der Waals surface area contributed by atoms with Crippen LogP contribution in [0.1, 0.15) is 18.2 Å². The molecular weight excluding hydrogens is 180 g/mol. The predicted molar refractivity (Wildman–Crippen MR) is 51.3 cm³/mol. The molecule has 0 unspecified atom stereocenters. The van der Waals surface area contributed by atoms with Crippen LogP contribution in [-0.2, 0) is 4.84 Å². The molecule has 1 saturated heterocycles. The molecule has 1 fully saturated rings. The maximum absolute atomic E-state index is 8.98. The number of pyridine rings is 1. The van der Waals surface area contributed by atoms with E-state index in [1.807, 2.05) is 25.2 Å². The fourth-order valence-electron chi connectivity index (χ4n) is 1.74. The maximum atomic E-state index is 8.98. The molecule has 2 heterocycles. The minimum absolute atomic E-state index is 0.0632. The number of rotatable bonds is 2. The van der Waals surface area contributed by atoms with Gasteiger partial charge in [0.1, 0.15) is 6.10 Å². The van der Waals surface area contributed by atoms with Crippen LogP contribution in [0.25, 0.3) is 0 Å². The Morgan fingerprint density at radius 1 is 1.64 bits per heavy atom. The van der Waals surface area contributed by atoms with E-state index >= 15 is 0 Å². The molecule has 1 aromatic heterocycles. The summed E-state index contributed by atoms with van der Waals surface area (Å²) in [5.74, 6) is 0. The van der Waals surface area contributed by atoms with Crippen LogP contribution in [0, 0.1) is 0 Å². The minimum atomic E-state index is -0.0907. The number of nitrogens with zero attached hydrogens (tertiary/aromatic N) is 2. The van der Waals surface area contributed by atoms with Crippen LogP contribution in [0.4, 0.5) is 0 Å². The molecule has 0 aliphatic carbocycles. The Balaban J connectivity index is 2.13. The molecular formula is C10H14N2O2. The second kappa shape index (κ2) is 4.04. The van der Waals surface area contributed by atoms with Gasteiger partial charge in [-0.25, -0.2) is 0 Å². The molecule has 4 heteroatoms. The Morgan fingerprint density at radius 3 is 3.07 bits per heavy atom. The Morgan fingerprint density at radius 2 is 2.50 bits per heavy atom. The summed E-state index contributed by atoms with van der Waals surface area (Å²) in [5, 5.41) is 10.7. The molecule has 1 aromatic rings. The highest BCUT2D eigenvalue weighted by atomic mass is 16.7. The number of aliphatic hydroxyl groups excluding tert-OH is 1. The van der Waals surface area contributed by atoms with Crippen molar-refractivity contribution in [3.05, 3.63) is 30.1 Å². The summed E-state index contributed by atoms with van der Waals surface area (Å²) in [4.78, 5) is 9.70. The maximum Gasteiger partial charge on any atom is 0.104 e. The van der Waals surface area contributed by atoms with Crippen LogP contribution in [-0.4, -0.2) is 34.9 Å². The third-order valence-corrected chi connectivity index (χ3v) is 2.47. The molecule has 0 aromatic carbocycles. The average Bonchev–Trinajstić information content (AvgIpc) is 2.61. The first-order chi connectivity index (χ1) is 6.81. The van der Waals surface area contributed by atoms with Crippen molar-refractivity contribution in [3.8, 4) is 0 Å². The molecule has 0 spiro atoms. The number of aromatic nitrogens is 1. The van der Waals surface area contributed by atoms with E-state index in [0.717, 1.165) is 12.1 Å². The molecule has 76 valence electrons. The summed E-state index contributed by atoms with van der Waals surface area (Å²) in [5.41, 5.74) is 0.992. The van der Waals surface area contributed by atoms with Gasteiger partial charge in [-0.3, -0.25) is 9.82 Å². The van der Waals surface area contributed by atoms with Gasteiger partial charge in [-0.05, 0) is 12.1 Å². The van der Waals surface area contributed by atoms with Gasteiger partial charge in [0.25, 0.3) is 0 Å². The number of hydrogen-bond acceptors (Lipinski definition) is 4. The van der Waals surface area contributed by atoms with E-state index in [9.17, 15) is 0 Å². The molecule has 1 aliphatic rings. The highest BCUT2D eigenvalue weighted by molar-refractivity contribution is 5.09. The van der Waals surface area contributed by atoms with E-state index < -0.39 is 0 Å². The normalized spacial score (nSPS) is 28.1. The number of aliphatic hydroxyl groups is 1. The first-order valence-corrected chi connectivity index (χ1v) is 4.72. The molecule has 2 atom stereocenters. The molecule has 1 N–H and O–H groups in total. The second-order valence-electron chi connectivity index (χ2n) is 3.46. The molecule has 0 radical (unpaired) electrons. The minimum Gasteiger partial charge on any atom is -0.394 e. The van der Waals surface area contributed by atoms with Gasteiger partial charge in [-0.1, -0.05) is 6.07 Å². The summed E-state index contributed by atoms with van der Waals surface area (Å²) >= 11 is 0. The molecule has 0 bridgehead atoms. The second-order valence-corrected chi connectivity index (χ2v) is 3.46. The number of hydroxylamine groups is 2. The van der Waals surface area contributed by atoms with E-state index in [4.69, 9.17) is 9.94 Å². The Labute approximate surface area is 83.1 Å². The van der Waals surface area contributed by atoms with Crippen molar-refractivity contribution in [1.82, 2.24) is 10.0 Å². The fourth-order valence-corrected chi connectivity index (χ4v) is 1.74. The van der Waals surface area contributed by atoms with Gasteiger partial charge in [0.2, 0.25) is 0 Å². The zero-order valence-corrected chi connectivity index (χ0v) is 8.13. The lowest BCUT2D eigenvalue weighted by Crippen LogP contribution is -2.18. The highest BCUT2D eigenvalue weighted by Gasteiger charge is 2.32. The SMILES string of the molecule is CN1O[C@H](CO)C[C@@H]1c1ccccn1. The van der Waals surface area contributed by atoms with Crippen molar-refractivity contribution in [1.29, 1.82) is 0 Å². The Hall–Kier alpha value is -0.970. The lowest BCUT2D eigenvalue weighted by atomic mass is 10.1. The van der Waals surface area contributed by atoms with Crippen LogP contribution in [0.15, 0.2) is 24.4 Å². The highest BCUT2D eigenvalue weighted by Crippen LogP contribution is 2.30. The summed E-state index contributed by atoms with van der Waals surface area (Å²) in [7, 11) is 1.87. The number of hydrogen-bond donors (Lipinski definition) is 1. The Kier molecular flexibility index (Phi) is 2.77. The average molecular weight is 194 g/mol. The van der Waals surface area contributed by atoms with Crippen molar-refractivity contribution < 1.29 is 9.94 Å². The van der Waals surface area contributed by atoms with E-state index in [1.165, 1.54) is 0 Å². The predicted octanol–water partition coefficient (Wildman–Crippen LogP) is 0.751. The lowest BCUT2D eigenvalue weighted by molar-refractivity contribution is -0.153. The largest absolute Gasteiger partial charge is 0.394 e. The van der Waals surface area contributed by atoms with Crippen LogP contribution in [0.5, 0.6) is 0 Å². The van der Waals surface area contributed by atoms with Crippen molar-refractivity contribution in [2.75, 3.05) is 13.7 Å². The van der Waals surface area contributed by atoms with E-state index in [2.05, 4.69) is 4.98 Å². The summed E-state index contributed by atoms with van der Waals surface area (Å²) in [6, 6.07) is 5.99. The summed E-state index contributed by atoms with van der Waals surface area (Å²) < 4.78 is 0. The van der Waals surface area contributed by atoms with Crippen molar-refractivity contribution in [3.63, 3.8) is 0 Å². The van der Waals surface area contributed by atoms with Gasteiger partial charge in [-0.2, -0.15) is 5.06 Å². The van der Waals surface area contributed by atoms with Crippen LogP contribution in [0.2, 0.25) is 0 Å². The van der Waals surface area contributed by atoms with Crippen molar-refractivity contribution in [2.45, 2.75) is 18.6 Å². The van der Waals surface area contributed by atoms with E-state index in [1.54, 1.807) is 11.3 Å². The first kappa shape index (κ1) is 9.58. The van der Waals surface area contributed by atoms with Crippen LogP contribution < -0.4 is 0 Å². The van der Waals surface area contributed by atoms with Gasteiger partial charge >= 0.3 is 0 Å². The van der Waals surface area contributed by atoms with Gasteiger partial charge in [-0.15, -0.1) is 0 Å². The lowest BCUT2D eigenvalue weighted by Gasteiger charge is -2.16. The Bertz CT molecular complexity index is 291. The van der Waals surface area contributed by atoms with E-state index in [-0.39, 0.29) is 18.8 Å². The molecule has 2 rings (SSSR count).